The second-order valence-electron chi connectivity index (χ2n) is 5.26. The fourth-order valence-corrected chi connectivity index (χ4v) is 2.15. The van der Waals surface area contributed by atoms with Crippen LogP contribution in [0.4, 0.5) is 0 Å². The van der Waals surface area contributed by atoms with Gasteiger partial charge in [0.2, 0.25) is 0 Å². The van der Waals surface area contributed by atoms with E-state index in [1.54, 1.807) is 13.8 Å². The van der Waals surface area contributed by atoms with Crippen molar-refractivity contribution >= 4 is 5.97 Å². The third-order valence-corrected chi connectivity index (χ3v) is 3.04. The molecule has 2 N–H and O–H groups in total. The van der Waals surface area contributed by atoms with Gasteiger partial charge in [0, 0.05) is 0 Å². The molecule has 0 aromatic carbocycles. The van der Waals surface area contributed by atoms with E-state index >= 15 is 0 Å². The zero-order chi connectivity index (χ0) is 10.4. The van der Waals surface area contributed by atoms with Crippen molar-refractivity contribution in [2.24, 2.45) is 17.3 Å². The molecule has 0 bridgehead atoms. The lowest BCUT2D eigenvalue weighted by Gasteiger charge is -2.17. The first-order valence-corrected chi connectivity index (χ1v) is 4.61. The molecule has 1 rings (SSSR count). The number of carboxylic acid groups (broad SMARTS) is 1. The maximum atomic E-state index is 10.8. The van der Waals surface area contributed by atoms with Crippen LogP contribution in [0.15, 0.2) is 0 Å². The molecule has 0 amide bonds. The van der Waals surface area contributed by atoms with Gasteiger partial charge in [0.1, 0.15) is 0 Å². The average Bonchev–Trinajstić information content (AvgIpc) is 2.28. The number of hydrogen-bond donors (Lipinski definition) is 2. The van der Waals surface area contributed by atoms with Crippen LogP contribution in [0.25, 0.3) is 0 Å². The highest BCUT2D eigenvalue weighted by atomic mass is 16.4. The maximum absolute atomic E-state index is 10.8. The molecule has 1 aliphatic carbocycles. The first-order valence-electron chi connectivity index (χ1n) is 4.61. The molecule has 0 heterocycles. The molecule has 1 saturated carbocycles. The van der Waals surface area contributed by atoms with E-state index in [0.717, 1.165) is 0 Å². The topological polar surface area (TPSA) is 57.5 Å². The van der Waals surface area contributed by atoms with Gasteiger partial charge in [-0.05, 0) is 31.6 Å². The van der Waals surface area contributed by atoms with Gasteiger partial charge in [-0.15, -0.1) is 0 Å². The monoisotopic (exact) mass is 186 g/mol. The second-order valence-corrected chi connectivity index (χ2v) is 5.26. The number of carboxylic acids is 1. The van der Waals surface area contributed by atoms with E-state index < -0.39 is 11.6 Å². The molecule has 0 aliphatic heterocycles. The van der Waals surface area contributed by atoms with Crippen molar-refractivity contribution in [3.05, 3.63) is 0 Å². The Bertz CT molecular complexity index is 225. The second kappa shape index (κ2) is 2.71. The number of rotatable bonds is 3. The van der Waals surface area contributed by atoms with Crippen molar-refractivity contribution in [3.8, 4) is 0 Å². The van der Waals surface area contributed by atoms with Gasteiger partial charge < -0.3 is 10.2 Å². The van der Waals surface area contributed by atoms with Crippen LogP contribution in [0.1, 0.15) is 34.1 Å². The molecule has 0 saturated heterocycles. The van der Waals surface area contributed by atoms with E-state index in [1.807, 2.05) is 13.8 Å². The Morgan fingerprint density at radius 1 is 1.46 bits per heavy atom. The van der Waals surface area contributed by atoms with Crippen LogP contribution < -0.4 is 0 Å². The standard InChI is InChI=1S/C10H18O3/c1-9(2,13)5-6-7(8(11)12)10(6,3)4/h6-7,13H,5H2,1-4H3,(H,11,12)/t6-,7+/m0/s1. The van der Waals surface area contributed by atoms with Crippen molar-refractivity contribution in [2.45, 2.75) is 39.7 Å². The minimum Gasteiger partial charge on any atom is -0.481 e. The molecule has 0 spiro atoms. The molecule has 13 heavy (non-hydrogen) atoms. The van der Waals surface area contributed by atoms with Crippen LogP contribution in [0.3, 0.4) is 0 Å². The molecular weight excluding hydrogens is 168 g/mol. The van der Waals surface area contributed by atoms with E-state index in [9.17, 15) is 9.90 Å². The smallest absolute Gasteiger partial charge is 0.307 e. The van der Waals surface area contributed by atoms with E-state index in [4.69, 9.17) is 5.11 Å². The summed E-state index contributed by atoms with van der Waals surface area (Å²) in [5, 5.41) is 18.4. The predicted octanol–water partition coefficient (Wildman–Crippen LogP) is 1.50. The summed E-state index contributed by atoms with van der Waals surface area (Å²) in [6, 6.07) is 0. The van der Waals surface area contributed by atoms with Gasteiger partial charge in [-0.3, -0.25) is 4.79 Å². The van der Waals surface area contributed by atoms with Crippen LogP contribution >= 0.6 is 0 Å². The van der Waals surface area contributed by atoms with Gasteiger partial charge in [0.25, 0.3) is 0 Å². The Kier molecular flexibility index (Phi) is 2.19. The Hall–Kier alpha value is -0.570. The van der Waals surface area contributed by atoms with Crippen LogP contribution in [0.5, 0.6) is 0 Å². The fraction of sp³-hybridized carbons (Fsp3) is 0.900. The van der Waals surface area contributed by atoms with Crippen LogP contribution in [0.2, 0.25) is 0 Å². The minimum atomic E-state index is -0.758. The number of aliphatic carboxylic acids is 1. The van der Waals surface area contributed by atoms with Crippen molar-refractivity contribution in [2.75, 3.05) is 0 Å². The van der Waals surface area contributed by atoms with E-state index in [-0.39, 0.29) is 17.3 Å². The van der Waals surface area contributed by atoms with Gasteiger partial charge in [-0.25, -0.2) is 0 Å². The zero-order valence-electron chi connectivity index (χ0n) is 8.66. The van der Waals surface area contributed by atoms with Gasteiger partial charge in [-0.2, -0.15) is 0 Å². The number of carbonyl (C=O) groups is 1. The normalized spacial score (nSPS) is 31.5. The summed E-state index contributed by atoms with van der Waals surface area (Å²) in [4.78, 5) is 10.8. The Balaban J connectivity index is 2.61. The van der Waals surface area contributed by atoms with Crippen LogP contribution in [-0.4, -0.2) is 21.8 Å². The summed E-state index contributed by atoms with van der Waals surface area (Å²) in [5.41, 5.74) is -0.905. The lowest BCUT2D eigenvalue weighted by atomic mass is 9.97. The predicted molar refractivity (Wildman–Crippen MR) is 49.3 cm³/mol. The Morgan fingerprint density at radius 2 is 1.92 bits per heavy atom. The van der Waals surface area contributed by atoms with Crippen LogP contribution in [0, 0.1) is 17.3 Å². The highest BCUT2D eigenvalue weighted by molar-refractivity contribution is 5.75. The third kappa shape index (κ3) is 2.02. The summed E-state index contributed by atoms with van der Waals surface area (Å²) in [5.74, 6) is -0.900. The summed E-state index contributed by atoms with van der Waals surface area (Å²) >= 11 is 0. The molecule has 2 atom stereocenters. The Labute approximate surface area is 78.8 Å². The van der Waals surface area contributed by atoms with E-state index in [1.165, 1.54) is 0 Å². The average molecular weight is 186 g/mol. The molecule has 76 valence electrons. The molecule has 3 heteroatoms. The first kappa shape index (κ1) is 10.5. The van der Waals surface area contributed by atoms with Crippen molar-refractivity contribution in [1.82, 2.24) is 0 Å². The molecular formula is C10H18O3. The van der Waals surface area contributed by atoms with E-state index in [0.29, 0.717) is 6.42 Å². The van der Waals surface area contributed by atoms with Gasteiger partial charge >= 0.3 is 5.97 Å². The third-order valence-electron chi connectivity index (χ3n) is 3.04. The lowest BCUT2D eigenvalue weighted by molar-refractivity contribution is -0.139. The molecule has 1 aliphatic rings. The van der Waals surface area contributed by atoms with Crippen molar-refractivity contribution < 1.29 is 15.0 Å². The van der Waals surface area contributed by atoms with Gasteiger partial charge in [0.05, 0.1) is 11.5 Å². The molecule has 0 radical (unpaired) electrons. The SMILES string of the molecule is CC(C)(O)C[C@H]1[C@H](C(=O)O)C1(C)C. The largest absolute Gasteiger partial charge is 0.481 e. The molecule has 0 aromatic heterocycles. The number of hydrogen-bond acceptors (Lipinski definition) is 2. The van der Waals surface area contributed by atoms with Crippen molar-refractivity contribution in [3.63, 3.8) is 0 Å². The summed E-state index contributed by atoms with van der Waals surface area (Å²) in [6.45, 7) is 7.34. The number of aliphatic hydroxyl groups is 1. The summed E-state index contributed by atoms with van der Waals surface area (Å²) in [6.07, 6.45) is 0.566. The van der Waals surface area contributed by atoms with Gasteiger partial charge in [-0.1, -0.05) is 13.8 Å². The quantitative estimate of drug-likeness (QED) is 0.702. The molecule has 3 nitrogen and oxygen atoms in total. The fourth-order valence-electron chi connectivity index (χ4n) is 2.15. The zero-order valence-corrected chi connectivity index (χ0v) is 8.66. The Morgan fingerprint density at radius 3 is 2.15 bits per heavy atom. The summed E-state index contributed by atoms with van der Waals surface area (Å²) < 4.78 is 0. The molecule has 1 fully saturated rings. The first-order chi connectivity index (χ1) is 5.66. The minimum absolute atomic E-state index is 0.116. The lowest BCUT2D eigenvalue weighted by Crippen LogP contribution is -2.20. The van der Waals surface area contributed by atoms with E-state index in [2.05, 4.69) is 0 Å². The van der Waals surface area contributed by atoms with Crippen molar-refractivity contribution in [1.29, 1.82) is 0 Å². The highest BCUT2D eigenvalue weighted by Crippen LogP contribution is 2.61. The molecule has 0 aromatic rings. The summed E-state index contributed by atoms with van der Waals surface area (Å²) in [7, 11) is 0. The van der Waals surface area contributed by atoms with Crippen LogP contribution in [-0.2, 0) is 4.79 Å². The maximum Gasteiger partial charge on any atom is 0.307 e. The van der Waals surface area contributed by atoms with Gasteiger partial charge in [0.15, 0.2) is 0 Å². The molecule has 0 unspecified atom stereocenters. The highest BCUT2D eigenvalue weighted by Gasteiger charge is 2.62.